The fourth-order valence-electron chi connectivity index (χ4n) is 5.94. The number of aryl methyl sites for hydroxylation is 1. The topological polar surface area (TPSA) is 137 Å². The molecular formula is C31H35Cl2N7O4. The third-order valence-corrected chi connectivity index (χ3v) is 9.06. The van der Waals surface area contributed by atoms with Crippen LogP contribution in [0.4, 0.5) is 10.5 Å². The van der Waals surface area contributed by atoms with Crippen molar-refractivity contribution in [3.63, 3.8) is 0 Å². The Bertz CT molecular complexity index is 1620. The number of hydrogen-bond donors (Lipinski definition) is 4. The smallest absolute Gasteiger partial charge is 0.318 e. The van der Waals surface area contributed by atoms with Crippen LogP contribution in [0.5, 0.6) is 0 Å². The van der Waals surface area contributed by atoms with Crippen LogP contribution in [-0.4, -0.2) is 69.6 Å². The zero-order valence-electron chi connectivity index (χ0n) is 24.9. The maximum atomic E-state index is 13.7. The maximum Gasteiger partial charge on any atom is 0.318 e. The van der Waals surface area contributed by atoms with Crippen molar-refractivity contribution < 1.29 is 19.2 Å². The summed E-state index contributed by atoms with van der Waals surface area (Å²) in [6, 6.07) is 10.6. The highest BCUT2D eigenvalue weighted by atomic mass is 35.5. The van der Waals surface area contributed by atoms with Crippen LogP contribution in [0.15, 0.2) is 48.7 Å². The molecular weight excluding hydrogens is 605 g/mol. The summed E-state index contributed by atoms with van der Waals surface area (Å²) < 4.78 is 1.42. The summed E-state index contributed by atoms with van der Waals surface area (Å²) >= 11 is 12.6. The molecule has 1 aromatic heterocycles. The van der Waals surface area contributed by atoms with Crippen molar-refractivity contribution in [2.45, 2.75) is 50.7 Å². The van der Waals surface area contributed by atoms with E-state index < -0.39 is 23.4 Å². The largest absolute Gasteiger partial charge is 0.357 e. The van der Waals surface area contributed by atoms with Gasteiger partial charge in [0, 0.05) is 61.8 Å². The second kappa shape index (κ2) is 12.5. The molecule has 1 aliphatic heterocycles. The first-order valence-electron chi connectivity index (χ1n) is 14.4. The molecule has 2 heterocycles. The lowest BCUT2D eigenvalue weighted by atomic mass is 9.91. The van der Waals surface area contributed by atoms with Crippen molar-refractivity contribution in [1.29, 1.82) is 0 Å². The van der Waals surface area contributed by atoms with E-state index in [0.29, 0.717) is 40.7 Å². The lowest BCUT2D eigenvalue weighted by Gasteiger charge is -2.36. The predicted molar refractivity (Wildman–Crippen MR) is 168 cm³/mol. The van der Waals surface area contributed by atoms with E-state index in [1.54, 1.807) is 49.3 Å². The summed E-state index contributed by atoms with van der Waals surface area (Å²) in [7, 11) is 3.20. The van der Waals surface area contributed by atoms with Gasteiger partial charge >= 0.3 is 6.03 Å². The van der Waals surface area contributed by atoms with Crippen LogP contribution in [0.1, 0.15) is 41.0 Å². The van der Waals surface area contributed by atoms with Crippen molar-refractivity contribution in [1.82, 2.24) is 30.6 Å². The Balaban J connectivity index is 1.39. The lowest BCUT2D eigenvalue weighted by molar-refractivity contribution is -0.130. The fraction of sp³-hybridized carbons (Fsp3) is 0.387. The van der Waals surface area contributed by atoms with Crippen molar-refractivity contribution in [2.24, 2.45) is 13.0 Å². The van der Waals surface area contributed by atoms with Crippen LogP contribution < -0.4 is 21.3 Å². The number of hydrogen-bond acceptors (Lipinski definition) is 5. The van der Waals surface area contributed by atoms with Gasteiger partial charge in [-0.2, -0.15) is 5.10 Å². The number of anilines is 1. The Morgan fingerprint density at radius 1 is 1.09 bits per heavy atom. The number of nitrogens with one attached hydrogen (secondary N) is 4. The average Bonchev–Trinajstić information content (AvgIpc) is 3.70. The number of aromatic nitrogens is 2. The van der Waals surface area contributed by atoms with Gasteiger partial charge < -0.3 is 26.2 Å². The molecule has 2 unspecified atom stereocenters. The summed E-state index contributed by atoms with van der Waals surface area (Å²) in [4.78, 5) is 54.8. The number of rotatable bonds is 9. The van der Waals surface area contributed by atoms with Crippen LogP contribution in [0, 0.1) is 5.92 Å². The normalized spacial score (nSPS) is 19.8. The van der Waals surface area contributed by atoms with Gasteiger partial charge in [-0.1, -0.05) is 43.1 Å². The van der Waals surface area contributed by atoms with E-state index >= 15 is 0 Å². The highest BCUT2D eigenvalue weighted by Gasteiger charge is 2.53. The van der Waals surface area contributed by atoms with Gasteiger partial charge in [0.2, 0.25) is 11.8 Å². The molecule has 13 heteroatoms. The highest BCUT2D eigenvalue weighted by Crippen LogP contribution is 2.38. The Morgan fingerprint density at radius 3 is 2.50 bits per heavy atom. The van der Waals surface area contributed by atoms with Gasteiger partial charge in [0.15, 0.2) is 0 Å². The summed E-state index contributed by atoms with van der Waals surface area (Å²) in [6.45, 7) is 4.49. The number of urea groups is 1. The number of fused-ring (bicyclic) bond motifs is 1. The van der Waals surface area contributed by atoms with E-state index in [1.807, 2.05) is 26.0 Å². The zero-order valence-corrected chi connectivity index (χ0v) is 26.4. The summed E-state index contributed by atoms with van der Waals surface area (Å²) in [6.07, 6.45) is 2.23. The quantitative estimate of drug-likeness (QED) is 0.285. The van der Waals surface area contributed by atoms with Crippen molar-refractivity contribution in [3.05, 3.63) is 81.1 Å². The first kappa shape index (κ1) is 31.3. The molecule has 1 aliphatic carbocycles. The van der Waals surface area contributed by atoms with E-state index in [2.05, 4.69) is 26.4 Å². The van der Waals surface area contributed by atoms with Gasteiger partial charge in [0.25, 0.3) is 5.91 Å². The minimum Gasteiger partial charge on any atom is -0.357 e. The standard InChI is InChI=1S/C31H35Cl2N7O4/c1-17(2)25-16-40(30(44)38-25)31(29(43)34-3)14-18-5-7-22(12-20(18)15-31)36-27(41)24(13-19-11-21(32)6-8-23(19)33)37-28(42)26-9-10-35-39(26)4/h5-12,17,24-25H,13-16H2,1-4H3,(H,34,43)(H,36,41)(H,37,42)(H,38,44)/t24?,25-,31?/m0/s1. The first-order valence-corrected chi connectivity index (χ1v) is 15.1. The van der Waals surface area contributed by atoms with Gasteiger partial charge in [-0.05, 0) is 59.0 Å². The number of carbonyl (C=O) groups excluding carboxylic acids is 4. The highest BCUT2D eigenvalue weighted by molar-refractivity contribution is 6.33. The number of halogens is 2. The summed E-state index contributed by atoms with van der Waals surface area (Å²) in [5.41, 5.74) is 2.05. The molecule has 0 radical (unpaired) electrons. The molecule has 3 aromatic rings. The zero-order chi connectivity index (χ0) is 31.8. The minimum absolute atomic E-state index is 0.0610. The second-order valence-electron chi connectivity index (χ2n) is 11.7. The molecule has 5 rings (SSSR count). The van der Waals surface area contributed by atoms with Crippen molar-refractivity contribution in [2.75, 3.05) is 18.9 Å². The molecule has 0 bridgehead atoms. The van der Waals surface area contributed by atoms with Gasteiger partial charge in [0.1, 0.15) is 17.3 Å². The number of carbonyl (C=O) groups is 4. The third-order valence-electron chi connectivity index (χ3n) is 8.45. The molecule has 11 nitrogen and oxygen atoms in total. The van der Waals surface area contributed by atoms with Crippen molar-refractivity contribution >= 4 is 52.6 Å². The number of benzene rings is 2. The molecule has 3 atom stereocenters. The van der Waals surface area contributed by atoms with Crippen LogP contribution in [0.2, 0.25) is 10.0 Å². The maximum absolute atomic E-state index is 13.7. The molecule has 0 spiro atoms. The molecule has 232 valence electrons. The molecule has 4 N–H and O–H groups in total. The molecule has 2 aliphatic rings. The number of nitrogens with zero attached hydrogens (tertiary/aromatic N) is 3. The predicted octanol–water partition coefficient (Wildman–Crippen LogP) is 3.34. The monoisotopic (exact) mass is 639 g/mol. The molecule has 1 fully saturated rings. The van der Waals surface area contributed by atoms with E-state index in [9.17, 15) is 19.2 Å². The Morgan fingerprint density at radius 2 is 1.84 bits per heavy atom. The SMILES string of the molecule is CNC(=O)C1(N2C[C@@H](C(C)C)NC2=O)Cc2ccc(NC(=O)C(Cc3cc(Cl)ccc3Cl)NC(=O)c3ccnn3C)cc2C1. The third kappa shape index (κ3) is 6.11. The van der Waals surface area contributed by atoms with Crippen LogP contribution in [0.3, 0.4) is 0 Å². The van der Waals surface area contributed by atoms with Crippen LogP contribution >= 0.6 is 23.2 Å². The average molecular weight is 641 g/mol. The molecule has 44 heavy (non-hydrogen) atoms. The molecule has 2 aromatic carbocycles. The van der Waals surface area contributed by atoms with E-state index in [-0.39, 0.29) is 36.0 Å². The van der Waals surface area contributed by atoms with Crippen LogP contribution in [-0.2, 0) is 35.9 Å². The van der Waals surface area contributed by atoms with Gasteiger partial charge in [-0.15, -0.1) is 0 Å². The Hall–Kier alpha value is -4.09. The summed E-state index contributed by atoms with van der Waals surface area (Å²) in [5.74, 6) is -0.971. The second-order valence-corrected chi connectivity index (χ2v) is 12.5. The molecule has 0 saturated carbocycles. The lowest BCUT2D eigenvalue weighted by Crippen LogP contribution is -2.60. The Kier molecular flexibility index (Phi) is 8.90. The first-order chi connectivity index (χ1) is 20.9. The van der Waals surface area contributed by atoms with Gasteiger partial charge in [0.05, 0.1) is 6.04 Å². The van der Waals surface area contributed by atoms with Crippen LogP contribution in [0.25, 0.3) is 0 Å². The summed E-state index contributed by atoms with van der Waals surface area (Å²) in [5, 5.41) is 16.4. The minimum atomic E-state index is -1.09. The number of amides is 5. The molecule has 5 amide bonds. The Labute approximate surface area is 265 Å². The van der Waals surface area contributed by atoms with E-state index in [4.69, 9.17) is 23.2 Å². The van der Waals surface area contributed by atoms with E-state index in [1.165, 1.54) is 10.9 Å². The molecule has 1 saturated heterocycles. The van der Waals surface area contributed by atoms with Gasteiger partial charge in [-0.3, -0.25) is 19.1 Å². The number of likely N-dealkylation sites (N-methyl/N-ethyl adjacent to an activating group) is 1. The van der Waals surface area contributed by atoms with Gasteiger partial charge in [-0.25, -0.2) is 4.79 Å². The fourth-order valence-corrected chi connectivity index (χ4v) is 6.32. The van der Waals surface area contributed by atoms with E-state index in [0.717, 1.165) is 11.1 Å². The van der Waals surface area contributed by atoms with Crippen molar-refractivity contribution in [3.8, 4) is 0 Å².